The van der Waals surface area contributed by atoms with Gasteiger partial charge in [-0.15, -0.1) is 5.10 Å². The Labute approximate surface area is 84.3 Å². The lowest BCUT2D eigenvalue weighted by atomic mass is 10.3. The van der Waals surface area contributed by atoms with Crippen molar-refractivity contribution in [1.29, 1.82) is 0 Å². The summed E-state index contributed by atoms with van der Waals surface area (Å²) >= 11 is 0. The number of carbonyl (C=O) groups excluding carboxylic acids is 1. The van der Waals surface area contributed by atoms with E-state index in [1.807, 2.05) is 0 Å². The molecule has 1 aliphatic carbocycles. The first-order valence-corrected chi connectivity index (χ1v) is 4.35. The number of rotatable bonds is 3. The summed E-state index contributed by atoms with van der Waals surface area (Å²) in [6.07, 6.45) is 0.376. The van der Waals surface area contributed by atoms with Crippen molar-refractivity contribution in [3.8, 4) is 0 Å². The monoisotopic (exact) mass is 211 g/mol. The minimum Gasteiger partial charge on any atom is -0.481 e. The summed E-state index contributed by atoms with van der Waals surface area (Å²) in [5.41, 5.74) is 0. The van der Waals surface area contributed by atoms with E-state index in [1.54, 1.807) is 7.05 Å². The van der Waals surface area contributed by atoms with Gasteiger partial charge in [0.2, 0.25) is 5.91 Å². The van der Waals surface area contributed by atoms with E-state index in [4.69, 9.17) is 5.11 Å². The molecule has 2 rings (SSSR count). The maximum absolute atomic E-state index is 11.4. The third-order valence-corrected chi connectivity index (χ3v) is 2.19. The van der Waals surface area contributed by atoms with Gasteiger partial charge >= 0.3 is 5.97 Å². The quantitative estimate of drug-likeness (QED) is 0.654. The molecule has 15 heavy (non-hydrogen) atoms. The van der Waals surface area contributed by atoms with Crippen LogP contribution in [0.1, 0.15) is 6.42 Å². The maximum atomic E-state index is 11.4. The molecule has 2 N–H and O–H groups in total. The van der Waals surface area contributed by atoms with E-state index < -0.39 is 17.8 Å². The van der Waals surface area contributed by atoms with Crippen molar-refractivity contribution < 1.29 is 14.7 Å². The number of hydrogen-bond donors (Lipinski definition) is 2. The van der Waals surface area contributed by atoms with Crippen LogP contribution in [0.5, 0.6) is 0 Å². The fraction of sp³-hybridized carbons (Fsp3) is 0.571. The molecule has 1 heterocycles. The number of carbonyl (C=O) groups is 2. The summed E-state index contributed by atoms with van der Waals surface area (Å²) in [6.45, 7) is 0. The van der Waals surface area contributed by atoms with Crippen molar-refractivity contribution in [2.45, 2.75) is 6.42 Å². The van der Waals surface area contributed by atoms with Crippen molar-refractivity contribution in [3.63, 3.8) is 0 Å². The molecule has 0 unspecified atom stereocenters. The predicted octanol–water partition coefficient (Wildman–Crippen LogP) is -1.13. The average molecular weight is 211 g/mol. The first-order valence-electron chi connectivity index (χ1n) is 4.35. The zero-order chi connectivity index (χ0) is 11.0. The van der Waals surface area contributed by atoms with E-state index in [1.165, 1.54) is 4.80 Å². The van der Waals surface area contributed by atoms with Crippen LogP contribution in [0.3, 0.4) is 0 Å². The van der Waals surface area contributed by atoms with E-state index in [0.29, 0.717) is 6.42 Å². The van der Waals surface area contributed by atoms with Crippen LogP contribution in [0.15, 0.2) is 0 Å². The highest BCUT2D eigenvalue weighted by atomic mass is 16.4. The Morgan fingerprint density at radius 3 is 2.73 bits per heavy atom. The molecular weight excluding hydrogens is 202 g/mol. The molecule has 1 aromatic heterocycles. The Morgan fingerprint density at radius 2 is 2.27 bits per heavy atom. The van der Waals surface area contributed by atoms with Crippen molar-refractivity contribution in [3.05, 3.63) is 0 Å². The Hall–Kier alpha value is -1.99. The lowest BCUT2D eigenvalue weighted by molar-refractivity contribution is -0.139. The van der Waals surface area contributed by atoms with Crippen molar-refractivity contribution in [1.82, 2.24) is 20.2 Å². The summed E-state index contributed by atoms with van der Waals surface area (Å²) in [6, 6.07) is 0. The van der Waals surface area contributed by atoms with Gasteiger partial charge in [0.15, 0.2) is 0 Å². The van der Waals surface area contributed by atoms with Crippen molar-refractivity contribution in [2.24, 2.45) is 18.9 Å². The van der Waals surface area contributed by atoms with Gasteiger partial charge < -0.3 is 5.11 Å². The van der Waals surface area contributed by atoms with Crippen LogP contribution in [-0.4, -0.2) is 37.2 Å². The van der Waals surface area contributed by atoms with E-state index in [0.717, 1.165) is 0 Å². The van der Waals surface area contributed by atoms with Gasteiger partial charge in [-0.1, -0.05) is 5.10 Å². The average Bonchev–Trinajstić information content (AvgIpc) is 2.86. The second-order valence-corrected chi connectivity index (χ2v) is 3.38. The van der Waals surface area contributed by atoms with Gasteiger partial charge in [0.25, 0.3) is 5.95 Å². The van der Waals surface area contributed by atoms with Gasteiger partial charge in [0.1, 0.15) is 0 Å². The highest BCUT2D eigenvalue weighted by Crippen LogP contribution is 2.39. The van der Waals surface area contributed by atoms with Gasteiger partial charge in [-0.2, -0.15) is 4.80 Å². The standard InChI is InChI=1S/C7H9N5O3/c1-12-10-7(9-11-12)8-5(13)3-2-4(3)6(14)15/h3-4H,2H2,1H3,(H,14,15)(H,8,10,13)/t3-,4+/m1/s1. The summed E-state index contributed by atoms with van der Waals surface area (Å²) in [5.74, 6) is -2.25. The van der Waals surface area contributed by atoms with Gasteiger partial charge in [-0.3, -0.25) is 14.9 Å². The smallest absolute Gasteiger partial charge is 0.307 e. The van der Waals surface area contributed by atoms with Crippen LogP contribution in [-0.2, 0) is 16.6 Å². The molecule has 0 saturated heterocycles. The Morgan fingerprint density at radius 1 is 1.53 bits per heavy atom. The number of carboxylic acids is 1. The number of aromatic nitrogens is 4. The Bertz CT molecular complexity index is 415. The molecule has 0 aromatic carbocycles. The number of nitrogens with zero attached hydrogens (tertiary/aromatic N) is 4. The maximum Gasteiger partial charge on any atom is 0.307 e. The fourth-order valence-corrected chi connectivity index (χ4v) is 1.29. The summed E-state index contributed by atoms with van der Waals surface area (Å²) in [7, 11) is 1.57. The topological polar surface area (TPSA) is 110 Å². The highest BCUT2D eigenvalue weighted by Gasteiger charge is 2.48. The zero-order valence-electron chi connectivity index (χ0n) is 7.91. The van der Waals surface area contributed by atoms with Crippen LogP contribution >= 0.6 is 0 Å². The second kappa shape index (κ2) is 3.30. The van der Waals surface area contributed by atoms with Gasteiger partial charge in [-0.25, -0.2) is 0 Å². The molecule has 0 spiro atoms. The number of aliphatic carboxylic acids is 1. The van der Waals surface area contributed by atoms with Gasteiger partial charge in [-0.05, 0) is 11.6 Å². The molecule has 1 saturated carbocycles. The van der Waals surface area contributed by atoms with Gasteiger partial charge in [0, 0.05) is 0 Å². The van der Waals surface area contributed by atoms with Crippen molar-refractivity contribution in [2.75, 3.05) is 5.32 Å². The van der Waals surface area contributed by atoms with E-state index >= 15 is 0 Å². The zero-order valence-corrected chi connectivity index (χ0v) is 7.91. The van der Waals surface area contributed by atoms with Crippen LogP contribution in [0.25, 0.3) is 0 Å². The van der Waals surface area contributed by atoms with Crippen LogP contribution in [0.4, 0.5) is 5.95 Å². The third kappa shape index (κ3) is 1.92. The van der Waals surface area contributed by atoms with Crippen molar-refractivity contribution >= 4 is 17.8 Å². The molecule has 1 aromatic rings. The lowest BCUT2D eigenvalue weighted by Crippen LogP contribution is -2.17. The molecule has 2 atom stereocenters. The van der Waals surface area contributed by atoms with Crippen LogP contribution in [0.2, 0.25) is 0 Å². The summed E-state index contributed by atoms with van der Waals surface area (Å²) in [4.78, 5) is 23.1. The van der Waals surface area contributed by atoms with Gasteiger partial charge in [0.05, 0.1) is 18.9 Å². The number of amides is 1. The molecule has 0 radical (unpaired) electrons. The number of nitrogens with one attached hydrogen (secondary N) is 1. The molecule has 1 amide bonds. The summed E-state index contributed by atoms with van der Waals surface area (Å²) in [5, 5.41) is 21.8. The predicted molar refractivity (Wildman–Crippen MR) is 46.7 cm³/mol. The van der Waals surface area contributed by atoms with Crippen LogP contribution < -0.4 is 5.32 Å². The molecule has 1 aliphatic rings. The molecule has 1 fully saturated rings. The minimum absolute atomic E-state index is 0.0959. The molecule has 80 valence electrons. The molecule has 8 heteroatoms. The molecule has 8 nitrogen and oxygen atoms in total. The highest BCUT2D eigenvalue weighted by molar-refractivity contribution is 5.97. The summed E-state index contributed by atoms with van der Waals surface area (Å²) < 4.78 is 0. The lowest BCUT2D eigenvalue weighted by Gasteiger charge is -1.96. The normalized spacial score (nSPS) is 23.5. The van der Waals surface area contributed by atoms with Crippen LogP contribution in [0, 0.1) is 11.8 Å². The van der Waals surface area contributed by atoms with E-state index in [9.17, 15) is 9.59 Å². The minimum atomic E-state index is -0.942. The largest absolute Gasteiger partial charge is 0.481 e. The molecule has 0 aliphatic heterocycles. The molecule has 0 bridgehead atoms. The van der Waals surface area contributed by atoms with E-state index in [2.05, 4.69) is 20.7 Å². The number of hydrogen-bond acceptors (Lipinski definition) is 5. The Balaban J connectivity index is 1.92. The second-order valence-electron chi connectivity index (χ2n) is 3.38. The number of carboxylic acid groups (broad SMARTS) is 1. The SMILES string of the molecule is Cn1nnc(NC(=O)[C@@H]2C[C@@H]2C(=O)O)n1. The number of tetrazole rings is 1. The van der Waals surface area contributed by atoms with E-state index in [-0.39, 0.29) is 11.9 Å². The fourth-order valence-electron chi connectivity index (χ4n) is 1.29. The first kappa shape index (κ1) is 9.56. The molecular formula is C7H9N5O3. The first-order chi connectivity index (χ1) is 7.08. The third-order valence-electron chi connectivity index (χ3n) is 2.19. The Kier molecular flexibility index (Phi) is 2.10. The number of aryl methyl sites for hydroxylation is 1. The number of anilines is 1.